The summed E-state index contributed by atoms with van der Waals surface area (Å²) in [5.74, 6) is 0. The Labute approximate surface area is 109 Å². The zero-order valence-electron chi connectivity index (χ0n) is 10.5. The van der Waals surface area contributed by atoms with E-state index in [1.807, 2.05) is 0 Å². The van der Waals surface area contributed by atoms with Crippen LogP contribution in [0.25, 0.3) is 0 Å². The van der Waals surface area contributed by atoms with Gasteiger partial charge in [0.2, 0.25) is 0 Å². The predicted molar refractivity (Wildman–Crippen MR) is 60.6 cm³/mol. The molecule has 7 heteroatoms. The van der Waals surface area contributed by atoms with Crippen molar-refractivity contribution in [2.45, 2.75) is 56.0 Å². The zero-order valence-corrected chi connectivity index (χ0v) is 10.5. The molecule has 4 nitrogen and oxygen atoms in total. The van der Waals surface area contributed by atoms with E-state index < -0.39 is 24.4 Å². The van der Waals surface area contributed by atoms with Crippen molar-refractivity contribution >= 4 is 6.09 Å². The highest BCUT2D eigenvalue weighted by Crippen LogP contribution is 2.41. The number of halogens is 3. The molecule has 0 aromatic heterocycles. The summed E-state index contributed by atoms with van der Waals surface area (Å²) in [6.45, 7) is -1.08. The van der Waals surface area contributed by atoms with Crippen LogP contribution in [0, 0.1) is 0 Å². The largest absolute Gasteiger partial charge is 0.443 e. The SMILES string of the molecule is O=C1OC2(CCN1CC(F)(F)F)C[C@H]1CC[C@@H](C2)N1. The van der Waals surface area contributed by atoms with E-state index >= 15 is 0 Å². The molecule has 19 heavy (non-hydrogen) atoms. The van der Waals surface area contributed by atoms with Crippen molar-refractivity contribution < 1.29 is 22.7 Å². The van der Waals surface area contributed by atoms with Gasteiger partial charge in [-0.15, -0.1) is 0 Å². The minimum Gasteiger partial charge on any atom is -0.443 e. The summed E-state index contributed by atoms with van der Waals surface area (Å²) in [4.78, 5) is 12.5. The second kappa shape index (κ2) is 4.26. The number of piperidine rings is 1. The Hall–Kier alpha value is -0.980. The summed E-state index contributed by atoms with van der Waals surface area (Å²) < 4.78 is 42.4. The van der Waals surface area contributed by atoms with E-state index in [9.17, 15) is 18.0 Å². The third-order valence-corrected chi connectivity index (χ3v) is 4.34. The molecule has 3 aliphatic heterocycles. The van der Waals surface area contributed by atoms with Gasteiger partial charge in [-0.1, -0.05) is 0 Å². The lowest BCUT2D eigenvalue weighted by atomic mass is 9.83. The van der Waals surface area contributed by atoms with Gasteiger partial charge in [-0.05, 0) is 12.8 Å². The summed E-state index contributed by atoms with van der Waals surface area (Å²) in [5.41, 5.74) is -0.531. The summed E-state index contributed by atoms with van der Waals surface area (Å²) in [6.07, 6.45) is -1.08. The molecule has 1 unspecified atom stereocenters. The third-order valence-electron chi connectivity index (χ3n) is 4.34. The van der Waals surface area contributed by atoms with Crippen LogP contribution < -0.4 is 5.32 Å². The number of carbonyl (C=O) groups is 1. The van der Waals surface area contributed by atoms with Crippen LogP contribution in [0.2, 0.25) is 0 Å². The molecule has 3 saturated heterocycles. The fraction of sp³-hybridized carbons (Fsp3) is 0.917. The lowest BCUT2D eigenvalue weighted by molar-refractivity contribution is -0.156. The molecule has 0 aliphatic carbocycles. The number of fused-ring (bicyclic) bond motifs is 2. The van der Waals surface area contributed by atoms with Crippen molar-refractivity contribution in [3.05, 3.63) is 0 Å². The molecule has 2 bridgehead atoms. The lowest BCUT2D eigenvalue weighted by Crippen LogP contribution is -2.57. The Morgan fingerprint density at radius 2 is 1.95 bits per heavy atom. The van der Waals surface area contributed by atoms with Crippen molar-refractivity contribution in [1.82, 2.24) is 10.2 Å². The maximum absolute atomic E-state index is 12.3. The fourth-order valence-electron chi connectivity index (χ4n) is 3.58. The topological polar surface area (TPSA) is 41.6 Å². The third kappa shape index (κ3) is 2.66. The van der Waals surface area contributed by atoms with Crippen LogP contribution in [0.3, 0.4) is 0 Å². The van der Waals surface area contributed by atoms with Crippen molar-refractivity contribution in [3.8, 4) is 0 Å². The number of hydrogen-bond donors (Lipinski definition) is 1. The molecule has 0 aromatic rings. The van der Waals surface area contributed by atoms with Gasteiger partial charge in [-0.25, -0.2) is 4.79 Å². The summed E-state index contributed by atoms with van der Waals surface area (Å²) in [6, 6.07) is 0.696. The molecule has 3 heterocycles. The van der Waals surface area contributed by atoms with Gasteiger partial charge >= 0.3 is 12.3 Å². The number of nitrogens with zero attached hydrogens (tertiary/aromatic N) is 1. The Bertz CT molecular complexity index is 374. The van der Waals surface area contributed by atoms with E-state index in [2.05, 4.69) is 5.32 Å². The van der Waals surface area contributed by atoms with Gasteiger partial charge in [-0.3, -0.25) is 4.90 Å². The van der Waals surface area contributed by atoms with Crippen LogP contribution in [0.5, 0.6) is 0 Å². The molecule has 1 amide bonds. The first-order valence-corrected chi connectivity index (χ1v) is 6.66. The van der Waals surface area contributed by atoms with E-state index in [0.717, 1.165) is 30.6 Å². The number of rotatable bonds is 1. The molecule has 0 aromatic carbocycles. The molecule has 3 aliphatic rings. The highest BCUT2D eigenvalue weighted by molar-refractivity contribution is 5.69. The average molecular weight is 278 g/mol. The molecular weight excluding hydrogens is 261 g/mol. The maximum atomic E-state index is 12.3. The number of carbonyl (C=O) groups excluding carboxylic acids is 1. The van der Waals surface area contributed by atoms with Gasteiger partial charge in [0.05, 0.1) is 0 Å². The first kappa shape index (κ1) is 13.0. The fourth-order valence-corrected chi connectivity index (χ4v) is 3.58. The molecule has 0 saturated carbocycles. The number of hydrogen-bond acceptors (Lipinski definition) is 3. The van der Waals surface area contributed by atoms with Crippen LogP contribution >= 0.6 is 0 Å². The minimum atomic E-state index is -4.36. The molecule has 108 valence electrons. The van der Waals surface area contributed by atoms with Gasteiger partial charge in [0.15, 0.2) is 0 Å². The van der Waals surface area contributed by atoms with Gasteiger partial charge in [0, 0.05) is 37.9 Å². The second-order valence-corrected chi connectivity index (χ2v) is 5.88. The zero-order chi connectivity index (χ0) is 13.7. The molecule has 3 atom stereocenters. The van der Waals surface area contributed by atoms with Gasteiger partial charge < -0.3 is 10.1 Å². The van der Waals surface area contributed by atoms with Gasteiger partial charge in [0.1, 0.15) is 12.1 Å². The standard InChI is InChI=1S/C12H17F3N2O2/c13-12(14,15)7-17-4-3-11(19-10(17)18)5-8-1-2-9(6-11)16-8/h8-9,16H,1-7H2/t8-,9+,11?. The monoisotopic (exact) mass is 278 g/mol. The van der Waals surface area contributed by atoms with Crippen LogP contribution in [-0.4, -0.2) is 47.9 Å². The van der Waals surface area contributed by atoms with Crippen LogP contribution in [-0.2, 0) is 4.74 Å². The minimum absolute atomic E-state index is 0.137. The molecular formula is C12H17F3N2O2. The first-order valence-electron chi connectivity index (χ1n) is 6.66. The first-order chi connectivity index (χ1) is 8.85. The molecule has 1 N–H and O–H groups in total. The summed E-state index contributed by atoms with van der Waals surface area (Å²) in [5, 5.41) is 3.44. The molecule has 1 spiro atoms. The summed E-state index contributed by atoms with van der Waals surface area (Å²) >= 11 is 0. The van der Waals surface area contributed by atoms with Crippen molar-refractivity contribution in [2.75, 3.05) is 13.1 Å². The Morgan fingerprint density at radius 1 is 1.32 bits per heavy atom. The van der Waals surface area contributed by atoms with Crippen molar-refractivity contribution in [2.24, 2.45) is 0 Å². The quantitative estimate of drug-likeness (QED) is 0.798. The summed E-state index contributed by atoms with van der Waals surface area (Å²) in [7, 11) is 0. The van der Waals surface area contributed by atoms with E-state index in [1.165, 1.54) is 0 Å². The smallest absolute Gasteiger partial charge is 0.410 e. The number of nitrogens with one attached hydrogen (secondary N) is 1. The molecule has 3 rings (SSSR count). The van der Waals surface area contributed by atoms with Gasteiger partial charge in [-0.2, -0.15) is 13.2 Å². The van der Waals surface area contributed by atoms with E-state index in [4.69, 9.17) is 4.74 Å². The number of amides is 1. The second-order valence-electron chi connectivity index (χ2n) is 5.88. The Kier molecular flexibility index (Phi) is 2.92. The maximum Gasteiger partial charge on any atom is 0.410 e. The predicted octanol–water partition coefficient (Wildman–Crippen LogP) is 2.04. The average Bonchev–Trinajstić information content (AvgIpc) is 2.62. The van der Waals surface area contributed by atoms with Crippen molar-refractivity contribution in [3.63, 3.8) is 0 Å². The van der Waals surface area contributed by atoms with Crippen LogP contribution in [0.1, 0.15) is 32.1 Å². The van der Waals surface area contributed by atoms with E-state index in [0.29, 0.717) is 18.5 Å². The number of ether oxygens (including phenoxy) is 1. The van der Waals surface area contributed by atoms with Crippen LogP contribution in [0.4, 0.5) is 18.0 Å². The normalized spacial score (nSPS) is 38.7. The highest BCUT2D eigenvalue weighted by Gasteiger charge is 2.50. The molecule has 0 radical (unpaired) electrons. The molecule has 3 fully saturated rings. The Morgan fingerprint density at radius 3 is 2.47 bits per heavy atom. The lowest BCUT2D eigenvalue weighted by Gasteiger charge is -2.45. The number of alkyl halides is 3. The van der Waals surface area contributed by atoms with Gasteiger partial charge in [0.25, 0.3) is 0 Å². The van der Waals surface area contributed by atoms with E-state index in [-0.39, 0.29) is 6.54 Å². The Balaban J connectivity index is 1.65. The van der Waals surface area contributed by atoms with Crippen molar-refractivity contribution in [1.29, 1.82) is 0 Å². The van der Waals surface area contributed by atoms with Crippen LogP contribution in [0.15, 0.2) is 0 Å². The highest BCUT2D eigenvalue weighted by atomic mass is 19.4. The van der Waals surface area contributed by atoms with E-state index in [1.54, 1.807) is 0 Å².